The fourth-order valence-electron chi connectivity index (χ4n) is 1.39. The second-order valence-corrected chi connectivity index (χ2v) is 3.78. The SMILES string of the molecule is C=CC[C@H](N)c1cc(F)c(OCC)c(Cl)c1. The van der Waals surface area contributed by atoms with Gasteiger partial charge in [0.1, 0.15) is 0 Å². The molecule has 0 aliphatic carbocycles. The Balaban J connectivity index is 3.03. The summed E-state index contributed by atoms with van der Waals surface area (Å²) in [5.74, 6) is -0.400. The molecule has 0 amide bonds. The van der Waals surface area contributed by atoms with E-state index < -0.39 is 5.82 Å². The summed E-state index contributed by atoms with van der Waals surface area (Å²) < 4.78 is 18.7. The minimum Gasteiger partial charge on any atom is -0.489 e. The molecular formula is C12H15ClFNO. The van der Waals surface area contributed by atoms with Crippen LogP contribution >= 0.6 is 11.6 Å². The van der Waals surface area contributed by atoms with Crippen LogP contribution < -0.4 is 10.5 Å². The minimum absolute atomic E-state index is 0.0821. The molecule has 0 radical (unpaired) electrons. The maximum atomic E-state index is 13.6. The van der Waals surface area contributed by atoms with E-state index >= 15 is 0 Å². The third-order valence-electron chi connectivity index (χ3n) is 2.16. The summed E-state index contributed by atoms with van der Waals surface area (Å²) in [6, 6.07) is 2.69. The van der Waals surface area contributed by atoms with Crippen molar-refractivity contribution in [2.24, 2.45) is 5.73 Å². The molecule has 88 valence electrons. The van der Waals surface area contributed by atoms with E-state index in [-0.39, 0.29) is 16.8 Å². The Kier molecular flexibility index (Phi) is 4.77. The largest absolute Gasteiger partial charge is 0.489 e. The van der Waals surface area contributed by atoms with Gasteiger partial charge in [-0.25, -0.2) is 4.39 Å². The van der Waals surface area contributed by atoms with Gasteiger partial charge in [-0.2, -0.15) is 0 Å². The fourth-order valence-corrected chi connectivity index (χ4v) is 1.66. The molecule has 16 heavy (non-hydrogen) atoms. The van der Waals surface area contributed by atoms with Crippen LogP contribution in [0.3, 0.4) is 0 Å². The summed E-state index contributed by atoms with van der Waals surface area (Å²) in [5.41, 5.74) is 6.47. The molecule has 1 rings (SSSR count). The van der Waals surface area contributed by atoms with Gasteiger partial charge in [0.05, 0.1) is 11.6 Å². The third kappa shape index (κ3) is 2.97. The Hall–Kier alpha value is -1.06. The van der Waals surface area contributed by atoms with Gasteiger partial charge in [-0.3, -0.25) is 0 Å². The predicted molar refractivity (Wildman–Crippen MR) is 64.3 cm³/mol. The lowest BCUT2D eigenvalue weighted by Crippen LogP contribution is -2.10. The number of benzene rings is 1. The summed E-state index contributed by atoms with van der Waals surface area (Å²) >= 11 is 5.91. The molecule has 0 aliphatic heterocycles. The molecule has 0 aromatic heterocycles. The fraction of sp³-hybridized carbons (Fsp3) is 0.333. The number of ether oxygens (including phenoxy) is 1. The Bertz CT molecular complexity index is 358. The van der Waals surface area contributed by atoms with Crippen LogP contribution in [0, 0.1) is 5.82 Å². The van der Waals surface area contributed by atoms with Crippen LogP contribution in [0.25, 0.3) is 0 Å². The monoisotopic (exact) mass is 243 g/mol. The first-order chi connectivity index (χ1) is 7.60. The number of nitrogens with two attached hydrogens (primary N) is 1. The highest BCUT2D eigenvalue weighted by molar-refractivity contribution is 6.32. The van der Waals surface area contributed by atoms with Crippen molar-refractivity contribution in [2.45, 2.75) is 19.4 Å². The molecule has 0 unspecified atom stereocenters. The summed E-state index contributed by atoms with van der Waals surface area (Å²) in [4.78, 5) is 0. The topological polar surface area (TPSA) is 35.2 Å². The van der Waals surface area contributed by atoms with Crippen LogP contribution in [0.1, 0.15) is 24.9 Å². The van der Waals surface area contributed by atoms with Crippen molar-refractivity contribution in [3.05, 3.63) is 41.2 Å². The lowest BCUT2D eigenvalue weighted by molar-refractivity contribution is 0.321. The van der Waals surface area contributed by atoms with E-state index in [0.29, 0.717) is 18.6 Å². The maximum Gasteiger partial charge on any atom is 0.173 e. The van der Waals surface area contributed by atoms with Crippen LogP contribution in [-0.4, -0.2) is 6.61 Å². The molecule has 0 saturated carbocycles. The van der Waals surface area contributed by atoms with Crippen LogP contribution in [-0.2, 0) is 0 Å². The Labute approximate surface area is 99.9 Å². The van der Waals surface area contributed by atoms with Gasteiger partial charge in [-0.1, -0.05) is 17.7 Å². The molecule has 1 atom stereocenters. The Morgan fingerprint density at radius 3 is 2.81 bits per heavy atom. The van der Waals surface area contributed by atoms with Gasteiger partial charge < -0.3 is 10.5 Å². The standard InChI is InChI=1S/C12H15ClFNO/c1-3-5-11(15)8-6-9(13)12(16-4-2)10(14)7-8/h3,6-7,11H,1,4-5,15H2,2H3/t11-/m0/s1. The van der Waals surface area contributed by atoms with Crippen LogP contribution in [0.5, 0.6) is 5.75 Å². The molecule has 2 nitrogen and oxygen atoms in total. The summed E-state index contributed by atoms with van der Waals surface area (Å²) in [6.45, 7) is 5.73. The minimum atomic E-state index is -0.483. The Morgan fingerprint density at radius 1 is 1.62 bits per heavy atom. The first-order valence-electron chi connectivity index (χ1n) is 5.08. The van der Waals surface area contributed by atoms with Crippen molar-refractivity contribution in [1.82, 2.24) is 0 Å². The van der Waals surface area contributed by atoms with Crippen molar-refractivity contribution >= 4 is 11.6 Å². The molecule has 0 spiro atoms. The van der Waals surface area contributed by atoms with Gasteiger partial charge in [0.2, 0.25) is 0 Å². The van der Waals surface area contributed by atoms with Crippen molar-refractivity contribution in [3.8, 4) is 5.75 Å². The highest BCUT2D eigenvalue weighted by Crippen LogP contribution is 2.31. The average Bonchev–Trinajstić information content (AvgIpc) is 2.23. The molecule has 0 bridgehead atoms. The van der Waals surface area contributed by atoms with Crippen LogP contribution in [0.15, 0.2) is 24.8 Å². The van der Waals surface area contributed by atoms with E-state index in [1.54, 1.807) is 19.1 Å². The second-order valence-electron chi connectivity index (χ2n) is 3.38. The molecule has 4 heteroatoms. The summed E-state index contributed by atoms with van der Waals surface area (Å²) in [6.07, 6.45) is 2.26. The van der Waals surface area contributed by atoms with E-state index in [2.05, 4.69) is 6.58 Å². The van der Waals surface area contributed by atoms with E-state index in [9.17, 15) is 4.39 Å². The van der Waals surface area contributed by atoms with Gasteiger partial charge in [0, 0.05) is 6.04 Å². The van der Waals surface area contributed by atoms with Gasteiger partial charge in [0.25, 0.3) is 0 Å². The summed E-state index contributed by atoms with van der Waals surface area (Å²) in [7, 11) is 0. The lowest BCUT2D eigenvalue weighted by Gasteiger charge is -2.13. The molecule has 0 fully saturated rings. The van der Waals surface area contributed by atoms with Crippen molar-refractivity contribution in [3.63, 3.8) is 0 Å². The van der Waals surface area contributed by atoms with Gasteiger partial charge in [-0.15, -0.1) is 6.58 Å². The zero-order valence-corrected chi connectivity index (χ0v) is 9.93. The van der Waals surface area contributed by atoms with Crippen molar-refractivity contribution < 1.29 is 9.13 Å². The average molecular weight is 244 g/mol. The molecule has 0 saturated heterocycles. The van der Waals surface area contributed by atoms with E-state index in [1.165, 1.54) is 6.07 Å². The highest BCUT2D eigenvalue weighted by atomic mass is 35.5. The first-order valence-corrected chi connectivity index (χ1v) is 5.46. The normalized spacial score (nSPS) is 12.2. The molecule has 1 aromatic rings. The third-order valence-corrected chi connectivity index (χ3v) is 2.44. The quantitative estimate of drug-likeness (QED) is 0.804. The highest BCUT2D eigenvalue weighted by Gasteiger charge is 2.13. The smallest absolute Gasteiger partial charge is 0.173 e. The molecule has 1 aromatic carbocycles. The van der Waals surface area contributed by atoms with Gasteiger partial charge in [0.15, 0.2) is 11.6 Å². The first kappa shape index (κ1) is 13.0. The molecule has 0 heterocycles. The van der Waals surface area contributed by atoms with E-state index in [0.717, 1.165) is 0 Å². The number of halogens is 2. The zero-order valence-electron chi connectivity index (χ0n) is 9.17. The summed E-state index contributed by atoms with van der Waals surface area (Å²) in [5, 5.41) is 0.247. The van der Waals surface area contributed by atoms with E-state index in [4.69, 9.17) is 22.1 Å². The van der Waals surface area contributed by atoms with Gasteiger partial charge in [-0.05, 0) is 31.0 Å². The molecule has 2 N–H and O–H groups in total. The number of rotatable bonds is 5. The zero-order chi connectivity index (χ0) is 12.1. The molecule has 0 aliphatic rings. The van der Waals surface area contributed by atoms with Crippen molar-refractivity contribution in [1.29, 1.82) is 0 Å². The Morgan fingerprint density at radius 2 is 2.31 bits per heavy atom. The van der Waals surface area contributed by atoms with Crippen LogP contribution in [0.2, 0.25) is 5.02 Å². The molecular weight excluding hydrogens is 229 g/mol. The van der Waals surface area contributed by atoms with Crippen molar-refractivity contribution in [2.75, 3.05) is 6.61 Å². The van der Waals surface area contributed by atoms with E-state index in [1.807, 2.05) is 0 Å². The number of hydrogen-bond acceptors (Lipinski definition) is 2. The lowest BCUT2D eigenvalue weighted by atomic mass is 10.0. The van der Waals surface area contributed by atoms with Gasteiger partial charge >= 0.3 is 0 Å². The number of hydrogen-bond donors (Lipinski definition) is 1. The second kappa shape index (κ2) is 5.87. The maximum absolute atomic E-state index is 13.6. The predicted octanol–water partition coefficient (Wildman–Crippen LogP) is 3.45. The van der Waals surface area contributed by atoms with Crippen LogP contribution in [0.4, 0.5) is 4.39 Å².